The number of benzene rings is 1. The molecule has 0 aliphatic rings. The zero-order valence-electron chi connectivity index (χ0n) is 8.74. The van der Waals surface area contributed by atoms with Crippen molar-refractivity contribution in [2.24, 2.45) is 0 Å². The molecule has 0 unspecified atom stereocenters. The van der Waals surface area contributed by atoms with E-state index in [-0.39, 0.29) is 11.3 Å². The zero-order valence-corrected chi connectivity index (χ0v) is 8.74. The van der Waals surface area contributed by atoms with E-state index in [0.29, 0.717) is 11.3 Å². The van der Waals surface area contributed by atoms with E-state index in [1.165, 1.54) is 6.07 Å². The van der Waals surface area contributed by atoms with E-state index in [1.54, 1.807) is 18.3 Å². The number of hydrogen-bond acceptors (Lipinski definition) is 2. The highest BCUT2D eigenvalue weighted by atomic mass is 16.3. The van der Waals surface area contributed by atoms with Crippen LogP contribution in [0.25, 0.3) is 10.8 Å². The summed E-state index contributed by atoms with van der Waals surface area (Å²) < 4.78 is 0. The summed E-state index contributed by atoms with van der Waals surface area (Å²) >= 11 is 0. The van der Waals surface area contributed by atoms with E-state index in [2.05, 4.69) is 18.8 Å². The number of fused-ring (bicyclic) bond motifs is 1. The first-order valence-corrected chi connectivity index (χ1v) is 4.94. The van der Waals surface area contributed by atoms with Crippen LogP contribution in [0.2, 0.25) is 0 Å². The van der Waals surface area contributed by atoms with Crippen LogP contribution in [0.3, 0.4) is 0 Å². The van der Waals surface area contributed by atoms with Crippen LogP contribution in [-0.2, 0) is 0 Å². The molecular weight excluding hydrogens is 190 g/mol. The van der Waals surface area contributed by atoms with E-state index in [1.807, 2.05) is 0 Å². The number of aromatic amines is 1. The van der Waals surface area contributed by atoms with Crippen LogP contribution in [0.1, 0.15) is 25.3 Å². The highest BCUT2D eigenvalue weighted by Gasteiger charge is 2.07. The Morgan fingerprint density at radius 2 is 2.00 bits per heavy atom. The van der Waals surface area contributed by atoms with Crippen molar-refractivity contribution in [2.75, 3.05) is 0 Å². The highest BCUT2D eigenvalue weighted by molar-refractivity contribution is 5.86. The van der Waals surface area contributed by atoms with Crippen molar-refractivity contribution in [1.82, 2.24) is 4.98 Å². The average Bonchev–Trinajstić information content (AvgIpc) is 2.19. The van der Waals surface area contributed by atoms with Crippen molar-refractivity contribution in [2.45, 2.75) is 19.8 Å². The van der Waals surface area contributed by atoms with Crippen molar-refractivity contribution >= 4 is 10.8 Å². The quantitative estimate of drug-likeness (QED) is 0.747. The molecule has 15 heavy (non-hydrogen) atoms. The average molecular weight is 203 g/mol. The summed E-state index contributed by atoms with van der Waals surface area (Å²) in [5.41, 5.74) is 0.926. The van der Waals surface area contributed by atoms with Crippen molar-refractivity contribution < 1.29 is 5.11 Å². The third-order valence-electron chi connectivity index (χ3n) is 2.54. The number of pyridine rings is 1. The lowest BCUT2D eigenvalue weighted by Crippen LogP contribution is -2.07. The normalized spacial score (nSPS) is 11.1. The Hall–Kier alpha value is -1.77. The molecule has 2 aromatic rings. The minimum absolute atomic E-state index is 0.119. The fraction of sp³-hybridized carbons (Fsp3) is 0.250. The van der Waals surface area contributed by atoms with Gasteiger partial charge >= 0.3 is 0 Å². The number of rotatable bonds is 1. The predicted octanol–water partition coefficient (Wildman–Crippen LogP) is 2.36. The van der Waals surface area contributed by atoms with Crippen LogP contribution in [0.4, 0.5) is 0 Å². The largest absolute Gasteiger partial charge is 0.508 e. The van der Waals surface area contributed by atoms with Gasteiger partial charge in [0.05, 0.1) is 5.39 Å². The van der Waals surface area contributed by atoms with Gasteiger partial charge in [0.15, 0.2) is 0 Å². The molecule has 2 N–H and O–H groups in total. The van der Waals surface area contributed by atoms with Crippen LogP contribution in [-0.4, -0.2) is 10.1 Å². The fourth-order valence-electron chi connectivity index (χ4n) is 1.75. The van der Waals surface area contributed by atoms with E-state index in [9.17, 15) is 9.90 Å². The Morgan fingerprint density at radius 3 is 2.67 bits per heavy atom. The van der Waals surface area contributed by atoms with Gasteiger partial charge in [0, 0.05) is 6.20 Å². The number of phenolic OH excluding ortho intramolecular Hbond substituents is 1. The van der Waals surface area contributed by atoms with Gasteiger partial charge in [-0.15, -0.1) is 0 Å². The lowest BCUT2D eigenvalue weighted by Gasteiger charge is -2.09. The fourth-order valence-corrected chi connectivity index (χ4v) is 1.75. The minimum Gasteiger partial charge on any atom is -0.508 e. The van der Waals surface area contributed by atoms with Gasteiger partial charge in [0.1, 0.15) is 5.75 Å². The number of hydrogen-bond donors (Lipinski definition) is 2. The lowest BCUT2D eigenvalue weighted by atomic mass is 9.99. The van der Waals surface area contributed by atoms with Crippen LogP contribution in [0, 0.1) is 0 Å². The number of nitrogens with one attached hydrogen (secondary N) is 1. The summed E-state index contributed by atoms with van der Waals surface area (Å²) in [4.78, 5) is 14.2. The molecule has 3 nitrogen and oxygen atoms in total. The molecule has 0 radical (unpaired) electrons. The third kappa shape index (κ3) is 1.61. The first-order chi connectivity index (χ1) is 7.09. The maximum atomic E-state index is 11.5. The molecule has 0 bridgehead atoms. The summed E-state index contributed by atoms with van der Waals surface area (Å²) in [6, 6.07) is 4.89. The van der Waals surface area contributed by atoms with Crippen LogP contribution >= 0.6 is 0 Å². The van der Waals surface area contributed by atoms with Gasteiger partial charge < -0.3 is 10.1 Å². The van der Waals surface area contributed by atoms with Crippen molar-refractivity contribution in [3.63, 3.8) is 0 Å². The standard InChI is InChI=1S/C12H13NO2/c1-7(2)11-6-13-12(15)10-5-8(14)3-4-9(10)11/h3-7,14H,1-2H3,(H,13,15). The number of phenols is 1. The van der Waals surface area contributed by atoms with Crippen molar-refractivity contribution in [1.29, 1.82) is 0 Å². The van der Waals surface area contributed by atoms with Gasteiger partial charge in [-0.3, -0.25) is 4.79 Å². The maximum absolute atomic E-state index is 11.5. The maximum Gasteiger partial charge on any atom is 0.255 e. The van der Waals surface area contributed by atoms with Gasteiger partial charge in [0.25, 0.3) is 5.56 Å². The van der Waals surface area contributed by atoms with Gasteiger partial charge in [-0.25, -0.2) is 0 Å². The molecule has 0 fully saturated rings. The summed E-state index contributed by atoms with van der Waals surface area (Å²) in [5, 5.41) is 10.8. The SMILES string of the molecule is CC(C)c1c[nH]c(=O)c2cc(O)ccc12. The molecule has 1 aromatic carbocycles. The summed E-state index contributed by atoms with van der Waals surface area (Å²) in [6.45, 7) is 4.14. The summed E-state index contributed by atoms with van der Waals surface area (Å²) in [6.07, 6.45) is 1.74. The second-order valence-electron chi connectivity index (χ2n) is 3.96. The molecule has 3 heteroatoms. The van der Waals surface area contributed by atoms with Gasteiger partial charge in [-0.1, -0.05) is 19.9 Å². The van der Waals surface area contributed by atoms with E-state index < -0.39 is 0 Å². The second-order valence-corrected chi connectivity index (χ2v) is 3.96. The summed E-state index contributed by atoms with van der Waals surface area (Å²) in [5.74, 6) is 0.461. The first-order valence-electron chi connectivity index (χ1n) is 4.94. The van der Waals surface area contributed by atoms with Gasteiger partial charge in [0.2, 0.25) is 0 Å². The molecule has 0 spiro atoms. The number of aromatic hydroxyl groups is 1. The number of H-pyrrole nitrogens is 1. The predicted molar refractivity (Wildman–Crippen MR) is 60.3 cm³/mol. The monoisotopic (exact) mass is 203 g/mol. The Labute approximate surface area is 87.4 Å². The van der Waals surface area contributed by atoms with E-state index >= 15 is 0 Å². The molecule has 0 saturated heterocycles. The molecular formula is C12H13NO2. The van der Waals surface area contributed by atoms with E-state index in [0.717, 1.165) is 10.9 Å². The van der Waals surface area contributed by atoms with Crippen molar-refractivity contribution in [3.05, 3.63) is 40.3 Å². The molecule has 0 amide bonds. The molecule has 0 aliphatic carbocycles. The van der Waals surface area contributed by atoms with Crippen LogP contribution in [0.5, 0.6) is 5.75 Å². The van der Waals surface area contributed by atoms with Gasteiger partial charge in [-0.2, -0.15) is 0 Å². The molecule has 78 valence electrons. The molecule has 0 saturated carbocycles. The molecule has 1 heterocycles. The molecule has 0 atom stereocenters. The first kappa shape index (κ1) is 9.77. The molecule has 1 aromatic heterocycles. The topological polar surface area (TPSA) is 53.1 Å². The summed E-state index contributed by atoms with van der Waals surface area (Å²) in [7, 11) is 0. The Bertz CT molecular complexity index is 555. The molecule has 0 aliphatic heterocycles. The Balaban J connectivity index is 2.89. The third-order valence-corrected chi connectivity index (χ3v) is 2.54. The zero-order chi connectivity index (χ0) is 11.0. The Kier molecular flexibility index (Phi) is 2.23. The van der Waals surface area contributed by atoms with Crippen molar-refractivity contribution in [3.8, 4) is 5.75 Å². The molecule has 2 rings (SSSR count). The minimum atomic E-state index is -0.162. The lowest BCUT2D eigenvalue weighted by molar-refractivity contribution is 0.476. The number of aromatic nitrogens is 1. The Morgan fingerprint density at radius 1 is 1.27 bits per heavy atom. The van der Waals surface area contributed by atoms with Crippen LogP contribution < -0.4 is 5.56 Å². The smallest absolute Gasteiger partial charge is 0.255 e. The highest BCUT2D eigenvalue weighted by Crippen LogP contribution is 2.24. The second kappa shape index (κ2) is 3.42. The van der Waals surface area contributed by atoms with Gasteiger partial charge in [-0.05, 0) is 29.0 Å². The van der Waals surface area contributed by atoms with Crippen LogP contribution in [0.15, 0.2) is 29.2 Å². The van der Waals surface area contributed by atoms with E-state index in [4.69, 9.17) is 0 Å².